The second kappa shape index (κ2) is 8.35. The Bertz CT molecular complexity index is 1030. The van der Waals surface area contributed by atoms with Crippen molar-refractivity contribution >= 4 is 27.6 Å². The highest BCUT2D eigenvalue weighted by atomic mass is 79.9. The molecular formula is C23H20BrFN2O2. The van der Waals surface area contributed by atoms with Gasteiger partial charge < -0.3 is 10.1 Å². The molecule has 0 fully saturated rings. The Labute approximate surface area is 177 Å². The SMILES string of the molecule is COC(=O)CN1[C@@H](c2ccccc2)c2cc(Br)ccc2N[C@H]1c1ccccc1F. The summed E-state index contributed by atoms with van der Waals surface area (Å²) in [5.74, 6) is -0.709. The molecular weight excluding hydrogens is 435 g/mol. The van der Waals surface area contributed by atoms with Crippen molar-refractivity contribution in [3.63, 3.8) is 0 Å². The monoisotopic (exact) mass is 454 g/mol. The first-order chi connectivity index (χ1) is 14.1. The zero-order valence-corrected chi connectivity index (χ0v) is 17.4. The number of halogens is 2. The van der Waals surface area contributed by atoms with Crippen molar-refractivity contribution < 1.29 is 13.9 Å². The Kier molecular flexibility index (Phi) is 5.65. The predicted octanol–water partition coefficient (Wildman–Crippen LogP) is 5.28. The molecule has 1 heterocycles. The van der Waals surface area contributed by atoms with E-state index < -0.39 is 6.17 Å². The summed E-state index contributed by atoms with van der Waals surface area (Å²) in [5.41, 5.74) is 3.39. The standard InChI is InChI=1S/C23H20BrFN2O2/c1-29-21(28)14-27-22(15-7-3-2-4-8-15)18-13-16(24)11-12-20(18)26-23(27)17-9-5-6-10-19(17)25/h2-13,22-23,26H,14H2,1H3/t22-,23+/m0/s1. The number of methoxy groups -OCH3 is 1. The summed E-state index contributed by atoms with van der Waals surface area (Å²) in [6, 6.07) is 22.2. The Hall–Kier alpha value is -2.70. The van der Waals surface area contributed by atoms with E-state index >= 15 is 0 Å². The van der Waals surface area contributed by atoms with Crippen LogP contribution < -0.4 is 5.32 Å². The summed E-state index contributed by atoms with van der Waals surface area (Å²) in [6.07, 6.45) is -0.533. The lowest BCUT2D eigenvalue weighted by atomic mass is 9.91. The molecule has 0 amide bonds. The highest BCUT2D eigenvalue weighted by molar-refractivity contribution is 9.10. The predicted molar refractivity (Wildman–Crippen MR) is 114 cm³/mol. The molecule has 1 aliphatic rings. The smallest absolute Gasteiger partial charge is 0.319 e. The molecule has 0 bridgehead atoms. The molecule has 29 heavy (non-hydrogen) atoms. The van der Waals surface area contributed by atoms with Crippen molar-refractivity contribution in [2.75, 3.05) is 19.0 Å². The number of esters is 1. The zero-order chi connectivity index (χ0) is 20.4. The van der Waals surface area contributed by atoms with E-state index in [9.17, 15) is 9.18 Å². The molecule has 3 aromatic rings. The van der Waals surface area contributed by atoms with Gasteiger partial charge in [-0.25, -0.2) is 4.39 Å². The molecule has 0 saturated heterocycles. The van der Waals surface area contributed by atoms with E-state index in [0.29, 0.717) is 5.56 Å². The fourth-order valence-corrected chi connectivity index (χ4v) is 4.18. The van der Waals surface area contributed by atoms with Gasteiger partial charge in [-0.05, 0) is 35.4 Å². The Morgan fingerprint density at radius 1 is 1.07 bits per heavy atom. The number of carbonyl (C=O) groups is 1. The summed E-state index contributed by atoms with van der Waals surface area (Å²) < 4.78 is 20.6. The number of anilines is 1. The minimum atomic E-state index is -0.533. The van der Waals surface area contributed by atoms with Gasteiger partial charge >= 0.3 is 5.97 Å². The molecule has 0 spiro atoms. The lowest BCUT2D eigenvalue weighted by molar-refractivity contribution is -0.143. The zero-order valence-electron chi connectivity index (χ0n) is 15.8. The molecule has 4 rings (SSSR count). The molecule has 1 N–H and O–H groups in total. The van der Waals surface area contributed by atoms with Crippen LogP contribution in [-0.4, -0.2) is 24.5 Å². The number of hydrogen-bond donors (Lipinski definition) is 1. The summed E-state index contributed by atoms with van der Waals surface area (Å²) in [7, 11) is 1.36. The van der Waals surface area contributed by atoms with Crippen LogP contribution >= 0.6 is 15.9 Å². The maximum absolute atomic E-state index is 14.7. The maximum atomic E-state index is 14.7. The lowest BCUT2D eigenvalue weighted by Gasteiger charge is -2.44. The molecule has 0 radical (unpaired) electrons. The third-order valence-corrected chi connectivity index (χ3v) is 5.61. The van der Waals surface area contributed by atoms with Crippen molar-refractivity contribution in [3.8, 4) is 0 Å². The normalized spacial score (nSPS) is 18.6. The van der Waals surface area contributed by atoms with Gasteiger partial charge in [-0.1, -0.05) is 64.5 Å². The number of nitrogens with one attached hydrogen (secondary N) is 1. The molecule has 6 heteroatoms. The van der Waals surface area contributed by atoms with Gasteiger partial charge in [0.2, 0.25) is 0 Å². The van der Waals surface area contributed by atoms with Crippen molar-refractivity contribution in [3.05, 3.63) is 99.8 Å². The fourth-order valence-electron chi connectivity index (χ4n) is 3.80. The molecule has 0 aliphatic carbocycles. The summed E-state index contributed by atoms with van der Waals surface area (Å²) in [5, 5.41) is 3.42. The summed E-state index contributed by atoms with van der Waals surface area (Å²) in [4.78, 5) is 14.2. The van der Waals surface area contributed by atoms with Gasteiger partial charge in [-0.3, -0.25) is 9.69 Å². The first-order valence-electron chi connectivity index (χ1n) is 9.26. The average molecular weight is 455 g/mol. The van der Waals surface area contributed by atoms with E-state index in [1.54, 1.807) is 18.2 Å². The van der Waals surface area contributed by atoms with Gasteiger partial charge in [0.25, 0.3) is 0 Å². The van der Waals surface area contributed by atoms with Crippen molar-refractivity contribution in [2.24, 2.45) is 0 Å². The second-order valence-electron chi connectivity index (χ2n) is 6.86. The van der Waals surface area contributed by atoms with Crippen LogP contribution in [0.2, 0.25) is 0 Å². The van der Waals surface area contributed by atoms with Crippen molar-refractivity contribution in [2.45, 2.75) is 12.2 Å². The summed E-state index contributed by atoms with van der Waals surface area (Å²) in [6.45, 7) is 0.00795. The van der Waals surface area contributed by atoms with Crippen LogP contribution in [0.25, 0.3) is 0 Å². The second-order valence-corrected chi connectivity index (χ2v) is 7.78. The molecule has 148 valence electrons. The number of nitrogens with zero attached hydrogens (tertiary/aromatic N) is 1. The van der Waals surface area contributed by atoms with Crippen molar-refractivity contribution in [1.29, 1.82) is 0 Å². The Balaban J connectivity index is 1.91. The minimum Gasteiger partial charge on any atom is -0.468 e. The largest absolute Gasteiger partial charge is 0.468 e. The molecule has 3 aromatic carbocycles. The van der Waals surface area contributed by atoms with E-state index in [1.165, 1.54) is 13.2 Å². The number of fused-ring (bicyclic) bond motifs is 1. The number of rotatable bonds is 4. The fraction of sp³-hybridized carbons (Fsp3) is 0.174. The molecule has 2 atom stereocenters. The van der Waals surface area contributed by atoms with Crippen LogP contribution in [0.1, 0.15) is 28.9 Å². The number of carbonyl (C=O) groups excluding carboxylic acids is 1. The van der Waals surface area contributed by atoms with Gasteiger partial charge in [0.15, 0.2) is 0 Å². The first-order valence-corrected chi connectivity index (χ1v) is 10.1. The first kappa shape index (κ1) is 19.6. The molecule has 0 unspecified atom stereocenters. The third-order valence-electron chi connectivity index (χ3n) is 5.12. The van der Waals surface area contributed by atoms with E-state index in [2.05, 4.69) is 21.2 Å². The highest BCUT2D eigenvalue weighted by Gasteiger charge is 2.38. The number of hydrogen-bond acceptors (Lipinski definition) is 4. The van der Waals surface area contributed by atoms with Gasteiger partial charge in [-0.2, -0.15) is 0 Å². The van der Waals surface area contributed by atoms with Crippen molar-refractivity contribution in [1.82, 2.24) is 4.90 Å². The lowest BCUT2D eigenvalue weighted by Crippen LogP contribution is -2.44. The Morgan fingerprint density at radius 2 is 1.79 bits per heavy atom. The highest BCUT2D eigenvalue weighted by Crippen LogP contribution is 2.45. The van der Waals surface area contributed by atoms with Crippen LogP contribution in [0, 0.1) is 5.82 Å². The Morgan fingerprint density at radius 3 is 2.52 bits per heavy atom. The van der Waals surface area contributed by atoms with E-state index in [0.717, 1.165) is 21.3 Å². The molecule has 0 saturated carbocycles. The van der Waals surface area contributed by atoms with Gasteiger partial charge in [-0.15, -0.1) is 0 Å². The maximum Gasteiger partial charge on any atom is 0.319 e. The van der Waals surface area contributed by atoms with Gasteiger partial charge in [0.1, 0.15) is 12.0 Å². The van der Waals surface area contributed by atoms with Gasteiger partial charge in [0, 0.05) is 15.7 Å². The van der Waals surface area contributed by atoms with Crippen LogP contribution in [0.5, 0.6) is 0 Å². The van der Waals surface area contributed by atoms with E-state index in [1.807, 2.05) is 53.4 Å². The average Bonchev–Trinajstić information content (AvgIpc) is 2.74. The summed E-state index contributed by atoms with van der Waals surface area (Å²) >= 11 is 3.55. The number of benzene rings is 3. The minimum absolute atomic E-state index is 0.00795. The number of ether oxygens (including phenoxy) is 1. The quantitative estimate of drug-likeness (QED) is 0.544. The van der Waals surface area contributed by atoms with Crippen LogP contribution in [-0.2, 0) is 9.53 Å². The van der Waals surface area contributed by atoms with Crippen LogP contribution in [0.4, 0.5) is 10.1 Å². The molecule has 4 nitrogen and oxygen atoms in total. The van der Waals surface area contributed by atoms with Gasteiger partial charge in [0.05, 0.1) is 19.7 Å². The third kappa shape index (κ3) is 3.91. The van der Waals surface area contributed by atoms with E-state index in [4.69, 9.17) is 4.74 Å². The molecule has 0 aromatic heterocycles. The van der Waals surface area contributed by atoms with Crippen LogP contribution in [0.3, 0.4) is 0 Å². The molecule has 1 aliphatic heterocycles. The topological polar surface area (TPSA) is 41.6 Å². The van der Waals surface area contributed by atoms with Crippen LogP contribution in [0.15, 0.2) is 77.3 Å². The van der Waals surface area contributed by atoms with E-state index in [-0.39, 0.29) is 24.4 Å².